The van der Waals surface area contributed by atoms with Crippen LogP contribution < -0.4 is 16.0 Å². The van der Waals surface area contributed by atoms with Gasteiger partial charge in [0.1, 0.15) is 5.82 Å². The number of amides is 1. The first-order valence-corrected chi connectivity index (χ1v) is 9.20. The highest BCUT2D eigenvalue weighted by atomic mass is 19.4. The van der Waals surface area contributed by atoms with Gasteiger partial charge < -0.3 is 16.0 Å². The van der Waals surface area contributed by atoms with Crippen molar-refractivity contribution in [1.29, 1.82) is 0 Å². The second kappa shape index (κ2) is 8.81. The van der Waals surface area contributed by atoms with Gasteiger partial charge in [0.25, 0.3) is 5.91 Å². The SMILES string of the molecule is CCNc1cc(C)nc(Nc2ccc(NC(=O)c3ccccc3C(F)(F)F)cc2)n1. The maximum absolute atomic E-state index is 13.1. The van der Waals surface area contributed by atoms with Crippen LogP contribution in [0.2, 0.25) is 0 Å². The van der Waals surface area contributed by atoms with Crippen molar-refractivity contribution in [3.05, 3.63) is 71.4 Å². The zero-order valence-electron chi connectivity index (χ0n) is 16.3. The Morgan fingerprint density at radius 1 is 1.00 bits per heavy atom. The van der Waals surface area contributed by atoms with Gasteiger partial charge in [0.2, 0.25) is 5.95 Å². The van der Waals surface area contributed by atoms with Crippen LogP contribution in [0.25, 0.3) is 0 Å². The molecule has 1 amide bonds. The van der Waals surface area contributed by atoms with Crippen LogP contribution in [0, 0.1) is 6.92 Å². The predicted octanol–water partition coefficient (Wildman–Crippen LogP) is 5.23. The minimum absolute atomic E-state index is 0.362. The number of carbonyl (C=O) groups excluding carboxylic acids is 1. The summed E-state index contributed by atoms with van der Waals surface area (Å²) in [6, 6.07) is 13.0. The second-order valence-corrected chi connectivity index (χ2v) is 6.45. The van der Waals surface area contributed by atoms with Crippen LogP contribution in [0.4, 0.5) is 36.3 Å². The zero-order chi connectivity index (χ0) is 21.7. The van der Waals surface area contributed by atoms with E-state index in [0.717, 1.165) is 24.4 Å². The number of alkyl halides is 3. The van der Waals surface area contributed by atoms with Gasteiger partial charge in [-0.05, 0) is 50.2 Å². The van der Waals surface area contributed by atoms with Gasteiger partial charge in [-0.1, -0.05) is 12.1 Å². The van der Waals surface area contributed by atoms with Crippen molar-refractivity contribution >= 4 is 29.0 Å². The molecule has 0 radical (unpaired) electrons. The average Bonchev–Trinajstić information content (AvgIpc) is 2.68. The molecular weight excluding hydrogens is 395 g/mol. The fraction of sp³-hybridized carbons (Fsp3) is 0.190. The molecule has 0 aliphatic rings. The molecule has 3 N–H and O–H groups in total. The molecule has 0 aliphatic carbocycles. The molecule has 2 aromatic carbocycles. The minimum atomic E-state index is -4.61. The first kappa shape index (κ1) is 21.1. The Balaban J connectivity index is 1.72. The molecule has 3 rings (SSSR count). The summed E-state index contributed by atoms with van der Waals surface area (Å²) in [5.41, 5.74) is 0.402. The molecule has 6 nitrogen and oxygen atoms in total. The Hall–Kier alpha value is -3.62. The molecule has 0 atom stereocenters. The predicted molar refractivity (Wildman–Crippen MR) is 110 cm³/mol. The van der Waals surface area contributed by atoms with E-state index in [1.54, 1.807) is 24.3 Å². The van der Waals surface area contributed by atoms with Gasteiger partial charge in [0.05, 0.1) is 11.1 Å². The standard InChI is InChI=1S/C21H20F3N5O/c1-3-25-18-12-13(2)26-20(29-18)28-15-10-8-14(9-11-15)27-19(30)16-6-4-5-7-17(16)21(22,23)24/h4-12H,3H2,1-2H3,(H,27,30)(H2,25,26,28,29). The molecule has 9 heteroatoms. The van der Waals surface area contributed by atoms with Crippen LogP contribution in [-0.2, 0) is 6.18 Å². The van der Waals surface area contributed by atoms with E-state index in [0.29, 0.717) is 23.1 Å². The Morgan fingerprint density at radius 3 is 2.33 bits per heavy atom. The highest BCUT2D eigenvalue weighted by Crippen LogP contribution is 2.32. The number of nitrogens with zero attached hydrogens (tertiary/aromatic N) is 2. The fourth-order valence-electron chi connectivity index (χ4n) is 2.79. The summed E-state index contributed by atoms with van der Waals surface area (Å²) >= 11 is 0. The number of halogens is 3. The molecule has 0 saturated heterocycles. The topological polar surface area (TPSA) is 78.9 Å². The molecule has 0 fully saturated rings. The first-order valence-electron chi connectivity index (χ1n) is 9.20. The number of hydrogen-bond acceptors (Lipinski definition) is 5. The van der Waals surface area contributed by atoms with Crippen LogP contribution in [0.5, 0.6) is 0 Å². The molecule has 0 spiro atoms. The lowest BCUT2D eigenvalue weighted by atomic mass is 10.1. The van der Waals surface area contributed by atoms with Gasteiger partial charge in [-0.25, -0.2) is 4.98 Å². The lowest BCUT2D eigenvalue weighted by Gasteiger charge is -2.13. The largest absolute Gasteiger partial charge is 0.417 e. The van der Waals surface area contributed by atoms with E-state index in [2.05, 4.69) is 25.9 Å². The summed E-state index contributed by atoms with van der Waals surface area (Å²) in [6.07, 6.45) is -4.61. The Kier molecular flexibility index (Phi) is 6.20. The maximum Gasteiger partial charge on any atom is 0.417 e. The molecule has 1 aromatic heterocycles. The third kappa shape index (κ3) is 5.25. The number of rotatable bonds is 6. The highest BCUT2D eigenvalue weighted by molar-refractivity contribution is 6.05. The van der Waals surface area contributed by atoms with Gasteiger partial charge in [-0.3, -0.25) is 4.79 Å². The molecule has 30 heavy (non-hydrogen) atoms. The second-order valence-electron chi connectivity index (χ2n) is 6.45. The summed E-state index contributed by atoms with van der Waals surface area (Å²) in [6.45, 7) is 4.54. The van der Waals surface area contributed by atoms with Gasteiger partial charge in [-0.15, -0.1) is 0 Å². The van der Waals surface area contributed by atoms with E-state index in [9.17, 15) is 18.0 Å². The van der Waals surface area contributed by atoms with Crippen molar-refractivity contribution in [1.82, 2.24) is 9.97 Å². The molecule has 0 bridgehead atoms. The highest BCUT2D eigenvalue weighted by Gasteiger charge is 2.34. The zero-order valence-corrected chi connectivity index (χ0v) is 16.3. The summed E-state index contributed by atoms with van der Waals surface area (Å²) in [7, 11) is 0. The van der Waals surface area contributed by atoms with Crippen molar-refractivity contribution < 1.29 is 18.0 Å². The number of carbonyl (C=O) groups is 1. The lowest BCUT2D eigenvalue weighted by molar-refractivity contribution is -0.137. The van der Waals surface area contributed by atoms with E-state index in [4.69, 9.17) is 0 Å². The lowest BCUT2D eigenvalue weighted by Crippen LogP contribution is -2.18. The van der Waals surface area contributed by atoms with E-state index >= 15 is 0 Å². The summed E-state index contributed by atoms with van der Waals surface area (Å²) < 4.78 is 39.3. The van der Waals surface area contributed by atoms with Crippen molar-refractivity contribution in [2.75, 3.05) is 22.5 Å². The molecule has 3 aromatic rings. The van der Waals surface area contributed by atoms with Crippen LogP contribution in [-0.4, -0.2) is 22.4 Å². The molecule has 0 saturated carbocycles. The monoisotopic (exact) mass is 415 g/mol. The van der Waals surface area contributed by atoms with Gasteiger partial charge in [-0.2, -0.15) is 18.2 Å². The number of benzene rings is 2. The fourth-order valence-corrected chi connectivity index (χ4v) is 2.79. The molecule has 1 heterocycles. The van der Waals surface area contributed by atoms with Gasteiger partial charge >= 0.3 is 6.18 Å². The summed E-state index contributed by atoms with van der Waals surface area (Å²) in [4.78, 5) is 21.0. The van der Waals surface area contributed by atoms with Crippen molar-refractivity contribution in [3.8, 4) is 0 Å². The smallest absolute Gasteiger partial charge is 0.370 e. The summed E-state index contributed by atoms with van der Waals surface area (Å²) in [5.74, 6) is 0.266. The average molecular weight is 415 g/mol. The molecular formula is C21H20F3N5O. The van der Waals surface area contributed by atoms with E-state index < -0.39 is 23.2 Å². The molecule has 156 valence electrons. The Bertz CT molecular complexity index is 1040. The normalized spacial score (nSPS) is 11.1. The van der Waals surface area contributed by atoms with Crippen molar-refractivity contribution in [3.63, 3.8) is 0 Å². The van der Waals surface area contributed by atoms with Crippen molar-refractivity contribution in [2.24, 2.45) is 0 Å². The van der Waals surface area contributed by atoms with E-state index in [1.165, 1.54) is 12.1 Å². The van der Waals surface area contributed by atoms with Crippen molar-refractivity contribution in [2.45, 2.75) is 20.0 Å². The third-order valence-electron chi connectivity index (χ3n) is 4.09. The van der Waals surface area contributed by atoms with E-state index in [1.807, 2.05) is 19.9 Å². The molecule has 0 unspecified atom stereocenters. The number of aromatic nitrogens is 2. The number of anilines is 4. The maximum atomic E-state index is 13.1. The number of nitrogens with one attached hydrogen (secondary N) is 3. The number of hydrogen-bond donors (Lipinski definition) is 3. The molecule has 0 aliphatic heterocycles. The van der Waals surface area contributed by atoms with Crippen LogP contribution in [0.1, 0.15) is 28.5 Å². The Morgan fingerprint density at radius 2 is 1.67 bits per heavy atom. The number of aryl methyl sites for hydroxylation is 1. The van der Waals surface area contributed by atoms with Gasteiger partial charge in [0.15, 0.2) is 0 Å². The quantitative estimate of drug-likeness (QED) is 0.514. The minimum Gasteiger partial charge on any atom is -0.370 e. The summed E-state index contributed by atoms with van der Waals surface area (Å²) in [5, 5.41) is 8.67. The van der Waals surface area contributed by atoms with Gasteiger partial charge in [0, 0.05) is 29.7 Å². The van der Waals surface area contributed by atoms with Crippen LogP contribution >= 0.6 is 0 Å². The first-order chi connectivity index (χ1) is 14.3. The van der Waals surface area contributed by atoms with Crippen LogP contribution in [0.3, 0.4) is 0 Å². The Labute approximate surface area is 171 Å². The van der Waals surface area contributed by atoms with E-state index in [-0.39, 0.29) is 0 Å². The third-order valence-corrected chi connectivity index (χ3v) is 4.09. The van der Waals surface area contributed by atoms with Crippen LogP contribution in [0.15, 0.2) is 54.6 Å².